The Morgan fingerprint density at radius 1 is 1.10 bits per heavy atom. The van der Waals surface area contributed by atoms with Gasteiger partial charge in [-0.3, -0.25) is 0 Å². The Bertz CT molecular complexity index is 962. The topological polar surface area (TPSA) is 41.3 Å². The van der Waals surface area contributed by atoms with Gasteiger partial charge in [0.1, 0.15) is 11.5 Å². The van der Waals surface area contributed by atoms with Crippen LogP contribution in [-0.4, -0.2) is 44.8 Å². The highest BCUT2D eigenvalue weighted by Gasteiger charge is 2.37. The molecule has 4 rings (SSSR count). The van der Waals surface area contributed by atoms with Gasteiger partial charge in [-0.1, -0.05) is 37.3 Å². The minimum Gasteiger partial charge on any atom is -0.388 e. The summed E-state index contributed by atoms with van der Waals surface area (Å²) in [5, 5.41) is 11.1. The van der Waals surface area contributed by atoms with Gasteiger partial charge < -0.3 is 14.6 Å². The summed E-state index contributed by atoms with van der Waals surface area (Å²) >= 11 is 0. The first-order valence-corrected chi connectivity index (χ1v) is 10.8. The molecule has 0 spiro atoms. The number of hydrogen-bond acceptors (Lipinski definition) is 3. The second-order valence-corrected chi connectivity index (χ2v) is 8.72. The van der Waals surface area contributed by atoms with Gasteiger partial charge in [0.25, 0.3) is 0 Å². The lowest BCUT2D eigenvalue weighted by molar-refractivity contribution is -0.140. The van der Waals surface area contributed by atoms with Crippen LogP contribution < -0.4 is 0 Å². The van der Waals surface area contributed by atoms with Gasteiger partial charge >= 0.3 is 6.18 Å². The van der Waals surface area contributed by atoms with Crippen molar-refractivity contribution in [2.45, 2.75) is 50.4 Å². The number of pyridine rings is 1. The number of aliphatic hydroxyl groups is 1. The number of alkyl halides is 3. The van der Waals surface area contributed by atoms with E-state index in [0.717, 1.165) is 32.1 Å². The van der Waals surface area contributed by atoms with Gasteiger partial charge in [-0.15, -0.1) is 0 Å². The maximum atomic E-state index is 13.0. The maximum absolute atomic E-state index is 13.0. The predicted molar refractivity (Wildman–Crippen MR) is 114 cm³/mol. The van der Waals surface area contributed by atoms with Crippen molar-refractivity contribution in [2.75, 3.05) is 19.6 Å². The number of piperidine rings is 1. The zero-order valence-corrected chi connectivity index (χ0v) is 17.6. The van der Waals surface area contributed by atoms with Crippen molar-refractivity contribution < 1.29 is 18.3 Å². The molecule has 0 aromatic heterocycles. The molecule has 0 bridgehead atoms. The van der Waals surface area contributed by atoms with Crippen LogP contribution in [0.15, 0.2) is 54.7 Å². The molecule has 4 nitrogen and oxygen atoms in total. The zero-order valence-electron chi connectivity index (χ0n) is 17.6. The highest BCUT2D eigenvalue weighted by molar-refractivity contribution is 5.59. The molecule has 1 fully saturated rings. The molecule has 3 aliphatic rings. The molecule has 31 heavy (non-hydrogen) atoms. The third-order valence-corrected chi connectivity index (χ3v) is 6.38. The van der Waals surface area contributed by atoms with E-state index >= 15 is 0 Å². The summed E-state index contributed by atoms with van der Waals surface area (Å²) in [6.07, 6.45) is -0.558. The number of fused-ring (bicyclic) bond motifs is 1. The van der Waals surface area contributed by atoms with Crippen molar-refractivity contribution in [3.8, 4) is 11.4 Å². The number of likely N-dealkylation sites (tertiary alicyclic amines) is 1. The Balaban J connectivity index is 1.35. The summed E-state index contributed by atoms with van der Waals surface area (Å²) in [7, 11) is 0. The first-order valence-electron chi connectivity index (χ1n) is 10.8. The van der Waals surface area contributed by atoms with Crippen molar-refractivity contribution in [2.24, 2.45) is 0 Å². The largest absolute Gasteiger partial charge is 0.433 e. The number of halogens is 3. The van der Waals surface area contributed by atoms with E-state index in [1.54, 1.807) is 22.9 Å². The monoisotopic (exact) mass is 431 g/mol. The fourth-order valence-corrected chi connectivity index (χ4v) is 4.36. The number of nitrogens with zero attached hydrogens (tertiary/aromatic N) is 3. The molecule has 7 heteroatoms. The van der Waals surface area contributed by atoms with E-state index < -0.39 is 17.5 Å². The molecular weight excluding hydrogens is 403 g/mol. The summed E-state index contributed by atoms with van der Waals surface area (Å²) < 4.78 is 40.8. The van der Waals surface area contributed by atoms with E-state index in [0.29, 0.717) is 24.3 Å². The second-order valence-electron chi connectivity index (χ2n) is 8.72. The third-order valence-electron chi connectivity index (χ3n) is 6.38. The van der Waals surface area contributed by atoms with Gasteiger partial charge in [-0.2, -0.15) is 13.2 Å². The van der Waals surface area contributed by atoms with Crippen molar-refractivity contribution in [1.29, 1.82) is 0 Å². The quantitative estimate of drug-likeness (QED) is 0.595. The van der Waals surface area contributed by atoms with Crippen LogP contribution in [0.4, 0.5) is 13.2 Å². The molecule has 0 unspecified atom stereocenters. The van der Waals surface area contributed by atoms with E-state index in [1.807, 2.05) is 6.07 Å². The van der Waals surface area contributed by atoms with Crippen LogP contribution in [-0.2, 0) is 12.7 Å². The molecular formula is C24H28F3N3O. The van der Waals surface area contributed by atoms with E-state index in [2.05, 4.69) is 41.1 Å². The van der Waals surface area contributed by atoms with E-state index in [9.17, 15) is 18.3 Å². The third kappa shape index (κ3) is 5.10. The molecule has 3 heterocycles. The summed E-state index contributed by atoms with van der Waals surface area (Å²) in [4.78, 5) is 6.15. The van der Waals surface area contributed by atoms with Crippen molar-refractivity contribution in [3.63, 3.8) is 0 Å². The predicted octanol–water partition coefficient (Wildman–Crippen LogP) is 5.03. The summed E-state index contributed by atoms with van der Waals surface area (Å²) in [5.41, 5.74) is -0.0684. The molecule has 0 radical (unpaired) electrons. The average Bonchev–Trinajstić information content (AvgIpc) is 3.20. The Morgan fingerprint density at radius 3 is 2.48 bits per heavy atom. The smallest absolute Gasteiger partial charge is 0.388 e. The van der Waals surface area contributed by atoms with Crippen LogP contribution in [0.1, 0.15) is 43.4 Å². The van der Waals surface area contributed by atoms with E-state index in [-0.39, 0.29) is 12.4 Å². The second kappa shape index (κ2) is 8.63. The Kier molecular flexibility index (Phi) is 6.08. The minimum absolute atomic E-state index is 0.243. The first-order chi connectivity index (χ1) is 14.7. The summed E-state index contributed by atoms with van der Waals surface area (Å²) in [5.74, 6) is 0.740. The SMILES string of the molecule is C[C@@H](CCN1CCC(O)(Cn2cccc3cc(C(F)(F)F)nc2-3)CC1)c1ccccc1. The number of hydrogen-bond donors (Lipinski definition) is 1. The van der Waals surface area contributed by atoms with Gasteiger partial charge in [-0.05, 0) is 55.5 Å². The normalized spacial score (nSPS) is 18.4. The minimum atomic E-state index is -4.48. The van der Waals surface area contributed by atoms with Crippen LogP contribution in [0.2, 0.25) is 0 Å². The number of benzene rings is 1. The lowest BCUT2D eigenvalue weighted by Gasteiger charge is -2.39. The van der Waals surface area contributed by atoms with Crippen molar-refractivity contribution >= 4 is 0 Å². The van der Waals surface area contributed by atoms with Gasteiger partial charge in [0.2, 0.25) is 0 Å². The molecule has 166 valence electrons. The first kappa shape index (κ1) is 21.8. The van der Waals surface area contributed by atoms with Gasteiger partial charge in [0, 0.05) is 24.8 Å². The lowest BCUT2D eigenvalue weighted by Crippen LogP contribution is -2.47. The Labute approximate surface area is 180 Å². The maximum Gasteiger partial charge on any atom is 0.433 e. The Morgan fingerprint density at radius 2 is 1.81 bits per heavy atom. The van der Waals surface area contributed by atoms with Crippen LogP contribution in [0.3, 0.4) is 0 Å². The molecule has 1 atom stereocenters. The molecule has 1 aromatic rings. The summed E-state index contributed by atoms with van der Waals surface area (Å²) in [6.45, 7) is 4.99. The Hall–Kier alpha value is -2.38. The van der Waals surface area contributed by atoms with Gasteiger partial charge in [0.05, 0.1) is 12.1 Å². The van der Waals surface area contributed by atoms with Crippen LogP contribution in [0.5, 0.6) is 0 Å². The van der Waals surface area contributed by atoms with Gasteiger partial charge in [0.15, 0.2) is 0 Å². The van der Waals surface area contributed by atoms with E-state index in [4.69, 9.17) is 0 Å². The molecule has 1 N–H and O–H groups in total. The fraction of sp³-hybridized carbons (Fsp3) is 0.458. The highest BCUT2D eigenvalue weighted by atomic mass is 19.4. The molecule has 0 amide bonds. The average molecular weight is 432 g/mol. The zero-order chi connectivity index (χ0) is 22.1. The van der Waals surface area contributed by atoms with Crippen LogP contribution >= 0.6 is 0 Å². The lowest BCUT2D eigenvalue weighted by atomic mass is 9.90. The van der Waals surface area contributed by atoms with E-state index in [1.165, 1.54) is 5.56 Å². The summed E-state index contributed by atoms with van der Waals surface area (Å²) in [6, 6.07) is 14.8. The van der Waals surface area contributed by atoms with Gasteiger partial charge in [-0.25, -0.2) is 4.98 Å². The molecule has 3 aliphatic heterocycles. The molecule has 0 saturated carbocycles. The van der Waals surface area contributed by atoms with Crippen molar-refractivity contribution in [1.82, 2.24) is 14.5 Å². The van der Waals surface area contributed by atoms with Crippen molar-refractivity contribution in [3.05, 3.63) is 66.0 Å². The highest BCUT2D eigenvalue weighted by Crippen LogP contribution is 2.35. The standard InChI is InChI=1S/C24H28F3N3O/c1-18(19-6-3-2-4-7-19)9-13-29-14-10-23(31,11-15-29)17-30-12-5-8-20-16-21(24(25,26)27)28-22(20)30/h2-8,12,16,18,31H,9-11,13-15,17H2,1H3/t18-/m0/s1. The molecule has 1 aromatic carbocycles. The van der Waals surface area contributed by atoms with Crippen LogP contribution in [0.25, 0.3) is 11.4 Å². The molecule has 1 saturated heterocycles. The molecule has 0 aliphatic carbocycles. The number of aromatic nitrogens is 2. The van der Waals surface area contributed by atoms with Crippen LogP contribution in [0, 0.1) is 0 Å². The fourth-order valence-electron chi connectivity index (χ4n) is 4.36. The number of rotatable bonds is 6.